The number of para-hydroxylation sites is 1. The highest BCUT2D eigenvalue weighted by Gasteiger charge is 2.41. The number of fused-ring (bicyclic) bond motifs is 1. The Labute approximate surface area is 176 Å². The van der Waals surface area contributed by atoms with Gasteiger partial charge < -0.3 is 15.1 Å². The van der Waals surface area contributed by atoms with E-state index in [4.69, 9.17) is 0 Å². The molecule has 156 valence electrons. The van der Waals surface area contributed by atoms with E-state index >= 15 is 0 Å². The standard InChI is InChI=1S/C21H19F2N3O3S/c22-14-8-7-13(11-15(14)23)24-18(27)12-26-16-5-1-2-6-17(16)30-19(21(26)29)20(28)25-9-3-4-10-25/h1-2,5-8,11,19H,3-4,9-10,12H2,(H,24,27). The van der Waals surface area contributed by atoms with Crippen LogP contribution in [0, 0.1) is 11.6 Å². The lowest BCUT2D eigenvalue weighted by Crippen LogP contribution is -2.51. The molecular weight excluding hydrogens is 412 g/mol. The molecule has 0 spiro atoms. The number of carbonyl (C=O) groups is 3. The van der Waals surface area contributed by atoms with Crippen molar-refractivity contribution in [1.82, 2.24) is 4.90 Å². The minimum absolute atomic E-state index is 0.0794. The number of nitrogens with one attached hydrogen (secondary N) is 1. The van der Waals surface area contributed by atoms with Crippen LogP contribution < -0.4 is 10.2 Å². The number of carbonyl (C=O) groups excluding carboxylic acids is 3. The van der Waals surface area contributed by atoms with Crippen LogP contribution in [0.4, 0.5) is 20.2 Å². The molecule has 1 N–H and O–H groups in total. The van der Waals surface area contributed by atoms with Crippen molar-refractivity contribution >= 4 is 40.9 Å². The van der Waals surface area contributed by atoms with Crippen LogP contribution in [0.1, 0.15) is 12.8 Å². The minimum atomic E-state index is -1.08. The predicted molar refractivity (Wildman–Crippen MR) is 109 cm³/mol. The van der Waals surface area contributed by atoms with Gasteiger partial charge in [0.2, 0.25) is 11.8 Å². The average Bonchev–Trinajstić information content (AvgIpc) is 3.27. The van der Waals surface area contributed by atoms with Crippen molar-refractivity contribution in [3.05, 3.63) is 54.1 Å². The first-order chi connectivity index (χ1) is 14.4. The molecule has 0 aliphatic carbocycles. The third-order valence-corrected chi connectivity index (χ3v) is 6.28. The lowest BCUT2D eigenvalue weighted by molar-refractivity contribution is -0.134. The number of hydrogen-bond acceptors (Lipinski definition) is 4. The number of rotatable bonds is 4. The first-order valence-corrected chi connectivity index (χ1v) is 10.4. The summed E-state index contributed by atoms with van der Waals surface area (Å²) in [5, 5.41) is 1.52. The molecule has 3 amide bonds. The molecule has 2 heterocycles. The van der Waals surface area contributed by atoms with E-state index in [-0.39, 0.29) is 18.1 Å². The normalized spacial score (nSPS) is 18.3. The first kappa shape index (κ1) is 20.3. The van der Waals surface area contributed by atoms with E-state index in [1.807, 2.05) is 0 Å². The summed E-state index contributed by atoms with van der Waals surface area (Å²) < 4.78 is 26.5. The molecular formula is C21H19F2N3O3S. The summed E-state index contributed by atoms with van der Waals surface area (Å²) in [6.07, 6.45) is 1.82. The van der Waals surface area contributed by atoms with E-state index < -0.39 is 28.7 Å². The number of benzene rings is 2. The highest BCUT2D eigenvalue weighted by molar-refractivity contribution is 8.01. The number of likely N-dealkylation sites (tertiary alicyclic amines) is 1. The van der Waals surface area contributed by atoms with Crippen LogP contribution >= 0.6 is 11.8 Å². The second kappa shape index (κ2) is 8.43. The summed E-state index contributed by atoms with van der Waals surface area (Å²) >= 11 is 1.19. The second-order valence-corrected chi connectivity index (χ2v) is 8.25. The molecule has 2 aromatic rings. The van der Waals surface area contributed by atoms with Crippen molar-refractivity contribution < 1.29 is 23.2 Å². The molecule has 2 aliphatic heterocycles. The molecule has 6 nitrogen and oxygen atoms in total. The first-order valence-electron chi connectivity index (χ1n) is 9.55. The molecule has 30 heavy (non-hydrogen) atoms. The zero-order valence-corrected chi connectivity index (χ0v) is 16.8. The molecule has 2 aromatic carbocycles. The Morgan fingerprint density at radius 2 is 1.80 bits per heavy atom. The quantitative estimate of drug-likeness (QED) is 0.756. The van der Waals surface area contributed by atoms with Gasteiger partial charge in [0.25, 0.3) is 5.91 Å². The van der Waals surface area contributed by atoms with E-state index in [1.54, 1.807) is 29.2 Å². The molecule has 1 saturated heterocycles. The Bertz CT molecular complexity index is 1010. The molecule has 1 atom stereocenters. The number of halogens is 2. The number of thioether (sulfide) groups is 1. The van der Waals surface area contributed by atoms with Crippen LogP contribution in [-0.4, -0.2) is 47.5 Å². The van der Waals surface area contributed by atoms with Crippen LogP contribution in [-0.2, 0) is 14.4 Å². The minimum Gasteiger partial charge on any atom is -0.341 e. The topological polar surface area (TPSA) is 69.7 Å². The molecule has 1 unspecified atom stereocenters. The summed E-state index contributed by atoms with van der Waals surface area (Å²) in [5.74, 6) is -3.39. The van der Waals surface area contributed by atoms with Crippen molar-refractivity contribution in [2.24, 2.45) is 0 Å². The number of anilines is 2. The van der Waals surface area contributed by atoms with Crippen LogP contribution in [0.15, 0.2) is 47.4 Å². The molecule has 0 aromatic heterocycles. The Hall–Kier alpha value is -2.94. The third-order valence-electron chi connectivity index (χ3n) is 5.04. The molecule has 2 aliphatic rings. The SMILES string of the molecule is O=C(CN1C(=O)C(C(=O)N2CCCC2)Sc2ccccc21)Nc1ccc(F)c(F)c1. The Morgan fingerprint density at radius 1 is 1.07 bits per heavy atom. The monoisotopic (exact) mass is 431 g/mol. The maximum atomic E-state index is 13.4. The molecule has 1 fully saturated rings. The fourth-order valence-corrected chi connectivity index (χ4v) is 4.75. The maximum absolute atomic E-state index is 13.4. The van der Waals surface area contributed by atoms with E-state index in [9.17, 15) is 23.2 Å². The number of amides is 3. The summed E-state index contributed by atoms with van der Waals surface area (Å²) in [4.78, 5) is 42.3. The number of nitrogens with zero attached hydrogens (tertiary/aromatic N) is 2. The van der Waals surface area contributed by atoms with E-state index in [1.165, 1.54) is 22.7 Å². The number of hydrogen-bond donors (Lipinski definition) is 1. The summed E-state index contributed by atoms with van der Waals surface area (Å²) in [5.41, 5.74) is 0.620. The summed E-state index contributed by atoms with van der Waals surface area (Å²) in [6.45, 7) is 0.905. The zero-order valence-electron chi connectivity index (χ0n) is 15.9. The van der Waals surface area contributed by atoms with E-state index in [2.05, 4.69) is 5.32 Å². The van der Waals surface area contributed by atoms with Gasteiger partial charge in [-0.05, 0) is 37.1 Å². The van der Waals surface area contributed by atoms with Crippen molar-refractivity contribution in [3.63, 3.8) is 0 Å². The van der Waals surface area contributed by atoms with Crippen LogP contribution in [0.3, 0.4) is 0 Å². The van der Waals surface area contributed by atoms with Gasteiger partial charge in [-0.1, -0.05) is 12.1 Å². The Balaban J connectivity index is 1.55. The maximum Gasteiger partial charge on any atom is 0.250 e. The Morgan fingerprint density at radius 3 is 2.53 bits per heavy atom. The highest BCUT2D eigenvalue weighted by Crippen LogP contribution is 2.40. The van der Waals surface area contributed by atoms with Gasteiger partial charge in [0, 0.05) is 29.7 Å². The van der Waals surface area contributed by atoms with Crippen LogP contribution in [0.25, 0.3) is 0 Å². The highest BCUT2D eigenvalue weighted by atomic mass is 32.2. The molecule has 0 saturated carbocycles. The molecule has 9 heteroatoms. The van der Waals surface area contributed by atoms with Gasteiger partial charge in [-0.3, -0.25) is 14.4 Å². The smallest absolute Gasteiger partial charge is 0.250 e. The Kier molecular flexibility index (Phi) is 5.72. The average molecular weight is 431 g/mol. The van der Waals surface area contributed by atoms with Crippen molar-refractivity contribution in [2.45, 2.75) is 23.0 Å². The third kappa shape index (κ3) is 4.02. The second-order valence-electron chi connectivity index (χ2n) is 7.10. The molecule has 0 bridgehead atoms. The largest absolute Gasteiger partial charge is 0.341 e. The predicted octanol–water partition coefficient (Wildman–Crippen LogP) is 3.03. The van der Waals surface area contributed by atoms with Gasteiger partial charge >= 0.3 is 0 Å². The fourth-order valence-electron chi connectivity index (χ4n) is 3.56. The zero-order chi connectivity index (χ0) is 21.3. The van der Waals surface area contributed by atoms with Gasteiger partial charge in [0.15, 0.2) is 16.9 Å². The lowest BCUT2D eigenvalue weighted by atomic mass is 10.2. The summed E-state index contributed by atoms with van der Waals surface area (Å²) in [6, 6.07) is 10.1. The van der Waals surface area contributed by atoms with Gasteiger partial charge in [-0.15, -0.1) is 11.8 Å². The van der Waals surface area contributed by atoms with Gasteiger partial charge in [-0.2, -0.15) is 0 Å². The van der Waals surface area contributed by atoms with Crippen molar-refractivity contribution in [3.8, 4) is 0 Å². The molecule has 4 rings (SSSR count). The van der Waals surface area contributed by atoms with Gasteiger partial charge in [0.1, 0.15) is 6.54 Å². The van der Waals surface area contributed by atoms with Gasteiger partial charge in [0.05, 0.1) is 5.69 Å². The lowest BCUT2D eigenvalue weighted by Gasteiger charge is -2.34. The van der Waals surface area contributed by atoms with E-state index in [0.29, 0.717) is 18.8 Å². The van der Waals surface area contributed by atoms with Crippen molar-refractivity contribution in [1.29, 1.82) is 0 Å². The summed E-state index contributed by atoms with van der Waals surface area (Å²) in [7, 11) is 0. The molecule has 0 radical (unpaired) electrons. The van der Waals surface area contributed by atoms with Crippen LogP contribution in [0.2, 0.25) is 0 Å². The van der Waals surface area contributed by atoms with Crippen molar-refractivity contribution in [2.75, 3.05) is 29.9 Å². The van der Waals surface area contributed by atoms with E-state index in [0.717, 1.165) is 29.9 Å². The van der Waals surface area contributed by atoms with Gasteiger partial charge in [-0.25, -0.2) is 8.78 Å². The fraction of sp³-hybridized carbons (Fsp3) is 0.286. The van der Waals surface area contributed by atoms with Crippen LogP contribution in [0.5, 0.6) is 0 Å².